The summed E-state index contributed by atoms with van der Waals surface area (Å²) < 4.78 is 78.3. The Labute approximate surface area is 297 Å². The fraction of sp³-hybridized carbons (Fsp3) is 0.583. The van der Waals surface area contributed by atoms with Crippen LogP contribution in [0.3, 0.4) is 0 Å². The summed E-state index contributed by atoms with van der Waals surface area (Å²) in [5.74, 6) is 0.539. The molecule has 3 unspecified atom stereocenters. The van der Waals surface area contributed by atoms with E-state index in [1.165, 1.54) is 17.8 Å². The maximum absolute atomic E-state index is 13.8. The van der Waals surface area contributed by atoms with Gasteiger partial charge in [-0.1, -0.05) is 30.7 Å². The van der Waals surface area contributed by atoms with Gasteiger partial charge in [0.25, 0.3) is 0 Å². The van der Waals surface area contributed by atoms with E-state index < -0.39 is 35.8 Å². The van der Waals surface area contributed by atoms with Crippen molar-refractivity contribution in [2.45, 2.75) is 86.5 Å². The number of alkyl halides is 6. The Hall–Kier alpha value is -2.71. The molecule has 2 aliphatic heterocycles. The van der Waals surface area contributed by atoms with Gasteiger partial charge in [-0.25, -0.2) is 4.98 Å². The van der Waals surface area contributed by atoms with Gasteiger partial charge in [0.15, 0.2) is 0 Å². The lowest BCUT2D eigenvalue weighted by Crippen LogP contribution is -2.48. The van der Waals surface area contributed by atoms with E-state index in [1.54, 1.807) is 11.8 Å². The maximum atomic E-state index is 13.8. The van der Waals surface area contributed by atoms with Crippen molar-refractivity contribution >= 4 is 35.3 Å². The van der Waals surface area contributed by atoms with Crippen LogP contribution >= 0.6 is 23.5 Å². The minimum absolute atomic E-state index is 0.0276. The van der Waals surface area contributed by atoms with Crippen LogP contribution in [0, 0.1) is 11.3 Å². The number of thioether (sulfide) groups is 2. The molecule has 0 spiro atoms. The molecular formula is C36H42F6N4O2S2. The molecule has 1 aromatic heterocycles. The average molecular weight is 741 g/mol. The number of hydrogen-bond donors (Lipinski definition) is 2. The van der Waals surface area contributed by atoms with Gasteiger partial charge in [0.1, 0.15) is 6.54 Å². The molecule has 0 bridgehead atoms. The Morgan fingerprint density at radius 1 is 1.00 bits per heavy atom. The Bertz CT molecular complexity index is 1550. The minimum Gasteiger partial charge on any atom is -0.353 e. The fourth-order valence-corrected chi connectivity index (χ4v) is 10.8. The number of hydrogen-bond acceptors (Lipinski definition) is 6. The Morgan fingerprint density at radius 3 is 2.48 bits per heavy atom. The molecule has 272 valence electrons. The van der Waals surface area contributed by atoms with Gasteiger partial charge in [0.05, 0.1) is 21.9 Å². The molecule has 0 aromatic carbocycles. The Kier molecular flexibility index (Phi) is 11.5. The summed E-state index contributed by atoms with van der Waals surface area (Å²) in [6.45, 7) is 1.05. The molecule has 50 heavy (non-hydrogen) atoms. The van der Waals surface area contributed by atoms with Crippen molar-refractivity contribution in [3.8, 4) is 0 Å². The van der Waals surface area contributed by atoms with E-state index in [1.807, 2.05) is 12.2 Å². The monoisotopic (exact) mass is 740 g/mol. The van der Waals surface area contributed by atoms with Gasteiger partial charge in [0.2, 0.25) is 11.8 Å². The number of carbonyl (C=O) groups is 2. The third kappa shape index (κ3) is 8.33. The van der Waals surface area contributed by atoms with E-state index in [9.17, 15) is 35.9 Å². The largest absolute Gasteiger partial charge is 0.417 e. The van der Waals surface area contributed by atoms with Gasteiger partial charge in [-0.3, -0.25) is 9.59 Å². The quantitative estimate of drug-likeness (QED) is 0.180. The van der Waals surface area contributed by atoms with Crippen molar-refractivity contribution in [1.82, 2.24) is 20.5 Å². The standard InChI is InChI=1S/C36H42F6N4O2S2/c37-35(38,39)22-44-33(48)34(28-9-3-1-7-25(28)26-8-2-4-10-29(26)34)15-5-6-16-46-17-13-24(14-18-46)45-32(47)27-20-49-21-30(27)50-31-12-11-23(19-43-31)36(40,41)42/h1,4,7,10-12,19,24,27,30H,2-3,5-6,8-9,13-18,20-22H2,(H,44,48)(H,45,47). The fourth-order valence-electron chi connectivity index (χ4n) is 7.89. The van der Waals surface area contributed by atoms with Crippen molar-refractivity contribution < 1.29 is 35.9 Å². The molecular weight excluding hydrogens is 699 g/mol. The van der Waals surface area contributed by atoms with Gasteiger partial charge in [-0.05, 0) is 92.3 Å². The normalized spacial score (nSPS) is 26.0. The number of unbranched alkanes of at least 4 members (excludes halogenated alkanes) is 1. The summed E-state index contributed by atoms with van der Waals surface area (Å²) in [6.07, 6.45) is 6.60. The number of nitrogens with one attached hydrogen (secondary N) is 2. The van der Waals surface area contributed by atoms with Crippen molar-refractivity contribution in [3.05, 3.63) is 70.5 Å². The molecule has 3 aliphatic carbocycles. The molecule has 6 nitrogen and oxygen atoms in total. The van der Waals surface area contributed by atoms with Gasteiger partial charge in [0, 0.05) is 42.1 Å². The van der Waals surface area contributed by atoms with Crippen molar-refractivity contribution in [1.29, 1.82) is 0 Å². The molecule has 0 saturated carbocycles. The number of likely N-dealkylation sites (tertiary alicyclic amines) is 1. The van der Waals surface area contributed by atoms with Crippen LogP contribution in [-0.2, 0) is 15.8 Å². The highest BCUT2D eigenvalue weighted by atomic mass is 32.2. The summed E-state index contributed by atoms with van der Waals surface area (Å²) >= 11 is 3.01. The first-order valence-electron chi connectivity index (χ1n) is 17.3. The van der Waals surface area contributed by atoms with Crippen LogP contribution in [0.5, 0.6) is 0 Å². The summed E-state index contributed by atoms with van der Waals surface area (Å²) in [6, 6.07) is 2.42. The van der Waals surface area contributed by atoms with Crippen molar-refractivity contribution in [2.24, 2.45) is 11.3 Å². The SMILES string of the molecule is O=C(NC1CCN(CCCCC2(C(=O)NCC(F)(F)F)C3=C(CCC=C3)C3=C2CCC=C3)CC1)C1CSCC1Sc1ccc(C(F)(F)F)cn1. The van der Waals surface area contributed by atoms with Gasteiger partial charge < -0.3 is 15.5 Å². The van der Waals surface area contributed by atoms with E-state index in [0.29, 0.717) is 30.0 Å². The number of piperidine rings is 1. The molecule has 14 heteroatoms. The van der Waals surface area contributed by atoms with Crippen LogP contribution in [0.2, 0.25) is 0 Å². The van der Waals surface area contributed by atoms with Crippen LogP contribution < -0.4 is 10.6 Å². The lowest BCUT2D eigenvalue weighted by molar-refractivity contribution is -0.142. The lowest BCUT2D eigenvalue weighted by Gasteiger charge is -2.36. The maximum Gasteiger partial charge on any atom is 0.417 e. The summed E-state index contributed by atoms with van der Waals surface area (Å²) in [5, 5.41) is 5.86. The van der Waals surface area contributed by atoms with Crippen LogP contribution in [0.15, 0.2) is 70.0 Å². The summed E-state index contributed by atoms with van der Waals surface area (Å²) in [5.41, 5.74) is 2.10. The van der Waals surface area contributed by atoms with Crippen molar-refractivity contribution in [3.63, 3.8) is 0 Å². The second-order valence-corrected chi connectivity index (χ2v) is 16.0. The van der Waals surface area contributed by atoms with E-state index >= 15 is 0 Å². The molecule has 2 saturated heterocycles. The summed E-state index contributed by atoms with van der Waals surface area (Å²) in [4.78, 5) is 33.4. The number of aromatic nitrogens is 1. The van der Waals surface area contributed by atoms with Gasteiger partial charge in [-0.2, -0.15) is 38.1 Å². The van der Waals surface area contributed by atoms with E-state index in [2.05, 4.69) is 32.7 Å². The highest BCUT2D eigenvalue weighted by Crippen LogP contribution is 2.56. The van der Waals surface area contributed by atoms with Gasteiger partial charge in [-0.15, -0.1) is 11.8 Å². The number of carbonyl (C=O) groups excluding carboxylic acids is 2. The van der Waals surface area contributed by atoms with Crippen LogP contribution in [0.4, 0.5) is 26.3 Å². The highest BCUT2D eigenvalue weighted by Gasteiger charge is 2.51. The third-order valence-corrected chi connectivity index (χ3v) is 13.1. The molecule has 5 aliphatic rings. The number of halogens is 6. The molecule has 1 aromatic rings. The van der Waals surface area contributed by atoms with Gasteiger partial charge >= 0.3 is 12.4 Å². The molecule has 2 fully saturated rings. The number of pyridine rings is 1. The number of nitrogens with zero attached hydrogens (tertiary/aromatic N) is 2. The smallest absolute Gasteiger partial charge is 0.353 e. The first kappa shape index (κ1) is 37.1. The zero-order valence-corrected chi connectivity index (χ0v) is 29.3. The number of rotatable bonds is 11. The van der Waals surface area contributed by atoms with Crippen molar-refractivity contribution in [2.75, 3.05) is 37.7 Å². The molecule has 6 rings (SSSR count). The number of fused-ring (bicyclic) bond motifs is 1. The van der Waals surface area contributed by atoms with Crippen LogP contribution in [0.1, 0.15) is 63.4 Å². The first-order valence-corrected chi connectivity index (χ1v) is 19.3. The average Bonchev–Trinajstić information content (AvgIpc) is 3.67. The van der Waals surface area contributed by atoms with E-state index in [0.717, 1.165) is 98.5 Å². The van der Waals surface area contributed by atoms with Crippen LogP contribution in [-0.4, -0.2) is 76.9 Å². The first-order chi connectivity index (χ1) is 23.8. The minimum atomic E-state index is -4.49. The molecule has 2 amide bonds. The second-order valence-electron chi connectivity index (χ2n) is 13.6. The summed E-state index contributed by atoms with van der Waals surface area (Å²) in [7, 11) is 0. The predicted octanol–water partition coefficient (Wildman–Crippen LogP) is 7.65. The third-order valence-electron chi connectivity index (χ3n) is 10.4. The lowest BCUT2D eigenvalue weighted by atomic mass is 9.69. The highest BCUT2D eigenvalue weighted by molar-refractivity contribution is 8.04. The predicted molar refractivity (Wildman–Crippen MR) is 183 cm³/mol. The zero-order chi connectivity index (χ0) is 35.5. The Balaban J connectivity index is 0.993. The number of amides is 2. The molecule has 2 N–H and O–H groups in total. The zero-order valence-electron chi connectivity index (χ0n) is 27.7. The Morgan fingerprint density at radius 2 is 1.76 bits per heavy atom. The van der Waals surface area contributed by atoms with E-state index in [4.69, 9.17) is 0 Å². The topological polar surface area (TPSA) is 74.3 Å². The second kappa shape index (κ2) is 15.5. The van der Waals surface area contributed by atoms with Crippen LogP contribution in [0.25, 0.3) is 0 Å². The molecule has 3 heterocycles. The van der Waals surface area contributed by atoms with E-state index in [-0.39, 0.29) is 23.1 Å². The molecule has 3 atom stereocenters. The molecule has 0 radical (unpaired) electrons. The number of allylic oxidation sites excluding steroid dienone is 6.